The number of nitrogens with zero attached hydrogens (tertiary/aromatic N) is 1. The minimum Gasteiger partial charge on any atom is -0.492 e. The number of rotatable bonds is 6. The lowest BCUT2D eigenvalue weighted by Crippen LogP contribution is -2.38. The molecule has 2 N–H and O–H groups in total. The molecule has 0 spiro atoms. The Morgan fingerprint density at radius 1 is 1.30 bits per heavy atom. The van der Waals surface area contributed by atoms with Crippen LogP contribution in [0.1, 0.15) is 10.4 Å². The molecular formula is C16H21FIN3OS. The van der Waals surface area contributed by atoms with Gasteiger partial charge in [0.1, 0.15) is 18.2 Å². The summed E-state index contributed by atoms with van der Waals surface area (Å²) in [6, 6.07) is 8.22. The van der Waals surface area contributed by atoms with Gasteiger partial charge in [-0.3, -0.25) is 4.99 Å². The summed E-state index contributed by atoms with van der Waals surface area (Å²) >= 11 is 1.72. The monoisotopic (exact) mass is 449 g/mol. The van der Waals surface area contributed by atoms with Crippen molar-refractivity contribution in [2.45, 2.75) is 13.5 Å². The van der Waals surface area contributed by atoms with E-state index in [1.165, 1.54) is 22.6 Å². The number of guanidine groups is 1. The molecule has 4 nitrogen and oxygen atoms in total. The Kier molecular flexibility index (Phi) is 8.93. The number of hydrogen-bond acceptors (Lipinski definition) is 3. The highest BCUT2D eigenvalue weighted by Crippen LogP contribution is 2.14. The fraction of sp³-hybridized carbons (Fsp3) is 0.312. The Hall–Kier alpha value is -1.35. The van der Waals surface area contributed by atoms with E-state index in [0.717, 1.165) is 12.5 Å². The molecule has 0 fully saturated rings. The van der Waals surface area contributed by atoms with Gasteiger partial charge in [-0.25, -0.2) is 4.39 Å². The van der Waals surface area contributed by atoms with E-state index in [1.807, 2.05) is 0 Å². The second kappa shape index (κ2) is 10.4. The Labute approximate surface area is 157 Å². The fourth-order valence-electron chi connectivity index (χ4n) is 1.86. The molecule has 0 bridgehead atoms. The molecule has 1 aromatic carbocycles. The average molecular weight is 449 g/mol. The first-order valence-corrected chi connectivity index (χ1v) is 7.93. The van der Waals surface area contributed by atoms with Gasteiger partial charge in [0.05, 0.1) is 13.1 Å². The summed E-state index contributed by atoms with van der Waals surface area (Å²) in [7, 11) is 1.73. The van der Waals surface area contributed by atoms with Crippen LogP contribution in [-0.4, -0.2) is 26.2 Å². The third kappa shape index (κ3) is 6.74. The molecule has 0 saturated carbocycles. The number of hydrogen-bond donors (Lipinski definition) is 2. The Morgan fingerprint density at radius 2 is 2.13 bits per heavy atom. The van der Waals surface area contributed by atoms with Gasteiger partial charge in [0.25, 0.3) is 0 Å². The fourth-order valence-corrected chi connectivity index (χ4v) is 2.71. The molecule has 23 heavy (non-hydrogen) atoms. The van der Waals surface area contributed by atoms with E-state index in [9.17, 15) is 4.39 Å². The maximum atomic E-state index is 13.0. The summed E-state index contributed by atoms with van der Waals surface area (Å²) in [5, 5.41) is 8.49. The standard InChI is InChI=1S/C16H20FN3OS.HI/c1-12-6-9-22-15(12)11-20-16(18-2)19-7-8-21-14-5-3-4-13(17)10-14;/h3-6,9-10H,7-8,11H2,1-2H3,(H2,18,19,20);1H. The van der Waals surface area contributed by atoms with E-state index >= 15 is 0 Å². The first-order valence-electron chi connectivity index (χ1n) is 7.05. The molecule has 0 radical (unpaired) electrons. The maximum absolute atomic E-state index is 13.0. The van der Waals surface area contributed by atoms with Gasteiger partial charge in [0, 0.05) is 18.0 Å². The molecule has 7 heteroatoms. The van der Waals surface area contributed by atoms with Crippen molar-refractivity contribution >= 4 is 41.3 Å². The van der Waals surface area contributed by atoms with E-state index in [4.69, 9.17) is 4.74 Å². The van der Waals surface area contributed by atoms with Crippen LogP contribution in [0.5, 0.6) is 5.75 Å². The van der Waals surface area contributed by atoms with Crippen LogP contribution in [-0.2, 0) is 6.54 Å². The SMILES string of the molecule is CN=C(NCCOc1cccc(F)c1)NCc1sccc1C.I. The topological polar surface area (TPSA) is 45.7 Å². The summed E-state index contributed by atoms with van der Waals surface area (Å²) in [6.07, 6.45) is 0. The number of ether oxygens (including phenoxy) is 1. The first kappa shape index (κ1) is 19.7. The lowest BCUT2D eigenvalue weighted by Gasteiger charge is -2.12. The lowest BCUT2D eigenvalue weighted by molar-refractivity contribution is 0.320. The minimum absolute atomic E-state index is 0. The van der Waals surface area contributed by atoms with Gasteiger partial charge in [-0.1, -0.05) is 6.07 Å². The predicted molar refractivity (Wildman–Crippen MR) is 105 cm³/mol. The Balaban J connectivity index is 0.00000264. The van der Waals surface area contributed by atoms with Crippen molar-refractivity contribution < 1.29 is 9.13 Å². The van der Waals surface area contributed by atoms with Crippen molar-refractivity contribution in [3.05, 3.63) is 52.0 Å². The molecule has 0 aliphatic heterocycles. The first-order chi connectivity index (χ1) is 10.7. The van der Waals surface area contributed by atoms with Crippen molar-refractivity contribution in [3.8, 4) is 5.75 Å². The Bertz CT molecular complexity index is 633. The number of halogens is 2. The molecule has 0 unspecified atom stereocenters. The Morgan fingerprint density at radius 3 is 2.78 bits per heavy atom. The molecule has 0 atom stereocenters. The van der Waals surface area contributed by atoms with Crippen molar-refractivity contribution in [2.24, 2.45) is 4.99 Å². The van der Waals surface area contributed by atoms with E-state index < -0.39 is 0 Å². The molecular weight excluding hydrogens is 428 g/mol. The largest absolute Gasteiger partial charge is 0.492 e. The van der Waals surface area contributed by atoms with E-state index in [2.05, 4.69) is 34.0 Å². The molecule has 2 aromatic rings. The summed E-state index contributed by atoms with van der Waals surface area (Å²) in [4.78, 5) is 5.45. The smallest absolute Gasteiger partial charge is 0.191 e. The van der Waals surface area contributed by atoms with Crippen LogP contribution in [0, 0.1) is 12.7 Å². The van der Waals surface area contributed by atoms with E-state index in [0.29, 0.717) is 18.9 Å². The van der Waals surface area contributed by atoms with Crippen LogP contribution in [0.4, 0.5) is 4.39 Å². The van der Waals surface area contributed by atoms with Gasteiger partial charge in [-0.05, 0) is 36.1 Å². The van der Waals surface area contributed by atoms with Crippen LogP contribution in [0.15, 0.2) is 40.7 Å². The molecule has 126 valence electrons. The van der Waals surface area contributed by atoms with E-state index in [1.54, 1.807) is 30.5 Å². The molecule has 1 aromatic heterocycles. The molecule has 0 amide bonds. The zero-order valence-corrected chi connectivity index (χ0v) is 16.3. The average Bonchev–Trinajstić information content (AvgIpc) is 2.92. The summed E-state index contributed by atoms with van der Waals surface area (Å²) in [6.45, 7) is 3.85. The van der Waals surface area contributed by atoms with Crippen LogP contribution in [0.2, 0.25) is 0 Å². The van der Waals surface area contributed by atoms with Crippen LogP contribution in [0.25, 0.3) is 0 Å². The zero-order chi connectivity index (χ0) is 15.8. The van der Waals surface area contributed by atoms with Gasteiger partial charge in [0.2, 0.25) is 0 Å². The van der Waals surface area contributed by atoms with Crippen molar-refractivity contribution in [2.75, 3.05) is 20.2 Å². The molecule has 2 rings (SSSR count). The van der Waals surface area contributed by atoms with Crippen molar-refractivity contribution in [1.82, 2.24) is 10.6 Å². The van der Waals surface area contributed by atoms with Gasteiger partial charge >= 0.3 is 0 Å². The zero-order valence-electron chi connectivity index (χ0n) is 13.1. The normalized spacial score (nSPS) is 10.8. The quantitative estimate of drug-likeness (QED) is 0.307. The third-order valence-electron chi connectivity index (χ3n) is 3.07. The lowest BCUT2D eigenvalue weighted by atomic mass is 10.3. The van der Waals surface area contributed by atoms with Crippen LogP contribution < -0.4 is 15.4 Å². The highest BCUT2D eigenvalue weighted by atomic mass is 127. The highest BCUT2D eigenvalue weighted by molar-refractivity contribution is 14.0. The minimum atomic E-state index is -0.297. The van der Waals surface area contributed by atoms with Gasteiger partial charge in [0.15, 0.2) is 5.96 Å². The van der Waals surface area contributed by atoms with Crippen LogP contribution in [0.3, 0.4) is 0 Å². The maximum Gasteiger partial charge on any atom is 0.191 e. The molecule has 0 saturated heterocycles. The predicted octanol–water partition coefficient (Wildman–Crippen LogP) is 3.56. The summed E-state index contributed by atoms with van der Waals surface area (Å²) in [5.41, 5.74) is 1.28. The molecule has 0 aliphatic carbocycles. The van der Waals surface area contributed by atoms with Gasteiger partial charge in [-0.15, -0.1) is 35.3 Å². The second-order valence-electron chi connectivity index (χ2n) is 4.69. The van der Waals surface area contributed by atoms with Crippen LogP contribution >= 0.6 is 35.3 Å². The molecule has 0 aliphatic rings. The number of benzene rings is 1. The van der Waals surface area contributed by atoms with Gasteiger partial charge < -0.3 is 15.4 Å². The van der Waals surface area contributed by atoms with Gasteiger partial charge in [-0.2, -0.15) is 0 Å². The highest BCUT2D eigenvalue weighted by Gasteiger charge is 2.02. The van der Waals surface area contributed by atoms with Crippen molar-refractivity contribution in [3.63, 3.8) is 0 Å². The summed E-state index contributed by atoms with van der Waals surface area (Å²) in [5.74, 6) is 0.948. The third-order valence-corrected chi connectivity index (χ3v) is 4.09. The number of thiophene rings is 1. The van der Waals surface area contributed by atoms with Crippen molar-refractivity contribution in [1.29, 1.82) is 0 Å². The number of aliphatic imine (C=N–C) groups is 1. The summed E-state index contributed by atoms with van der Waals surface area (Å²) < 4.78 is 18.5. The number of aryl methyl sites for hydroxylation is 1. The second-order valence-corrected chi connectivity index (χ2v) is 5.69. The van der Waals surface area contributed by atoms with E-state index in [-0.39, 0.29) is 29.8 Å². The number of nitrogens with one attached hydrogen (secondary N) is 2. The molecule has 1 heterocycles.